The molecular weight excluding hydrogens is 356 g/mol. The summed E-state index contributed by atoms with van der Waals surface area (Å²) in [6, 6.07) is 13.3. The van der Waals surface area contributed by atoms with Crippen LogP contribution in [-0.2, 0) is 6.54 Å². The lowest BCUT2D eigenvalue weighted by Gasteiger charge is -2.35. The van der Waals surface area contributed by atoms with Crippen molar-refractivity contribution >= 4 is 5.91 Å². The molecule has 3 rings (SSSR count). The summed E-state index contributed by atoms with van der Waals surface area (Å²) in [5.74, 6) is 2.35. The van der Waals surface area contributed by atoms with E-state index in [0.717, 1.165) is 36.7 Å². The Labute approximate surface area is 166 Å². The van der Waals surface area contributed by atoms with Gasteiger partial charge in [0.25, 0.3) is 5.91 Å². The van der Waals surface area contributed by atoms with Gasteiger partial charge in [-0.05, 0) is 37.3 Å². The Bertz CT molecular complexity index is 801. The van der Waals surface area contributed by atoms with E-state index in [9.17, 15) is 4.79 Å². The highest BCUT2D eigenvalue weighted by Crippen LogP contribution is 2.26. The van der Waals surface area contributed by atoms with Crippen LogP contribution in [0.2, 0.25) is 0 Å². The maximum Gasteiger partial charge on any atom is 0.257 e. The van der Waals surface area contributed by atoms with Crippen molar-refractivity contribution in [2.24, 2.45) is 0 Å². The van der Waals surface area contributed by atoms with Gasteiger partial charge in [-0.15, -0.1) is 0 Å². The summed E-state index contributed by atoms with van der Waals surface area (Å²) in [4.78, 5) is 17.2. The van der Waals surface area contributed by atoms with E-state index in [4.69, 9.17) is 14.2 Å². The van der Waals surface area contributed by atoms with Crippen LogP contribution in [-0.4, -0.2) is 62.7 Å². The monoisotopic (exact) mass is 384 g/mol. The fraction of sp³-hybridized carbons (Fsp3) is 0.409. The van der Waals surface area contributed by atoms with Crippen molar-refractivity contribution in [3.05, 3.63) is 53.6 Å². The highest BCUT2D eigenvalue weighted by molar-refractivity contribution is 5.97. The standard InChI is InChI=1S/C22H28N2O4/c1-4-28-21-8-6-5-7-19(21)22(25)24-13-11-23(12-14-24)16-17-15-18(26-2)9-10-20(17)27-3/h5-10,15H,4,11-14,16H2,1-3H3. The molecule has 150 valence electrons. The van der Waals surface area contributed by atoms with Crippen molar-refractivity contribution in [1.29, 1.82) is 0 Å². The summed E-state index contributed by atoms with van der Waals surface area (Å²) in [5, 5.41) is 0. The predicted octanol–water partition coefficient (Wildman–Crippen LogP) is 3.06. The molecule has 0 radical (unpaired) electrons. The Hall–Kier alpha value is -2.73. The van der Waals surface area contributed by atoms with Gasteiger partial charge in [0.15, 0.2) is 0 Å². The third-order valence-electron chi connectivity index (χ3n) is 4.96. The molecule has 1 amide bonds. The number of amides is 1. The number of rotatable bonds is 7. The molecule has 2 aromatic rings. The maximum absolute atomic E-state index is 12.9. The number of methoxy groups -OCH3 is 2. The number of hydrogen-bond acceptors (Lipinski definition) is 5. The van der Waals surface area contributed by atoms with Crippen LogP contribution in [0.4, 0.5) is 0 Å². The topological polar surface area (TPSA) is 51.2 Å². The molecule has 1 aliphatic heterocycles. The van der Waals surface area contributed by atoms with Gasteiger partial charge >= 0.3 is 0 Å². The second kappa shape index (κ2) is 9.46. The van der Waals surface area contributed by atoms with Crippen LogP contribution >= 0.6 is 0 Å². The molecule has 0 spiro atoms. The zero-order valence-corrected chi connectivity index (χ0v) is 16.8. The van der Waals surface area contributed by atoms with E-state index in [0.29, 0.717) is 31.0 Å². The minimum absolute atomic E-state index is 0.0302. The summed E-state index contributed by atoms with van der Waals surface area (Å²) in [6.07, 6.45) is 0. The molecule has 0 bridgehead atoms. The number of benzene rings is 2. The van der Waals surface area contributed by atoms with E-state index in [1.807, 2.05) is 54.3 Å². The molecule has 6 heteroatoms. The number of carbonyl (C=O) groups is 1. The number of nitrogens with zero attached hydrogens (tertiary/aromatic N) is 2. The van der Waals surface area contributed by atoms with E-state index in [-0.39, 0.29) is 5.91 Å². The maximum atomic E-state index is 12.9. The molecule has 0 aromatic heterocycles. The first kappa shape index (κ1) is 20.0. The molecule has 6 nitrogen and oxygen atoms in total. The van der Waals surface area contributed by atoms with Crippen LogP contribution in [0.1, 0.15) is 22.8 Å². The minimum Gasteiger partial charge on any atom is -0.497 e. The van der Waals surface area contributed by atoms with Crippen LogP contribution in [0.5, 0.6) is 17.2 Å². The first-order valence-corrected chi connectivity index (χ1v) is 9.60. The van der Waals surface area contributed by atoms with Gasteiger partial charge in [0.05, 0.1) is 26.4 Å². The second-order valence-corrected chi connectivity index (χ2v) is 6.68. The van der Waals surface area contributed by atoms with Crippen molar-refractivity contribution in [1.82, 2.24) is 9.80 Å². The summed E-state index contributed by atoms with van der Waals surface area (Å²) in [5.41, 5.74) is 1.72. The summed E-state index contributed by atoms with van der Waals surface area (Å²) < 4.78 is 16.4. The van der Waals surface area contributed by atoms with Crippen LogP contribution in [0.25, 0.3) is 0 Å². The SMILES string of the molecule is CCOc1ccccc1C(=O)N1CCN(Cc2cc(OC)ccc2OC)CC1. The first-order valence-electron chi connectivity index (χ1n) is 9.60. The van der Waals surface area contributed by atoms with Gasteiger partial charge in [-0.2, -0.15) is 0 Å². The van der Waals surface area contributed by atoms with Crippen LogP contribution in [0.15, 0.2) is 42.5 Å². The van der Waals surface area contributed by atoms with Crippen molar-refractivity contribution in [2.75, 3.05) is 47.0 Å². The molecule has 0 unspecified atom stereocenters. The minimum atomic E-state index is 0.0302. The van der Waals surface area contributed by atoms with Gasteiger partial charge in [-0.3, -0.25) is 9.69 Å². The van der Waals surface area contributed by atoms with E-state index in [2.05, 4.69) is 4.90 Å². The van der Waals surface area contributed by atoms with Gasteiger partial charge in [-0.25, -0.2) is 0 Å². The zero-order valence-electron chi connectivity index (χ0n) is 16.8. The summed E-state index contributed by atoms with van der Waals surface area (Å²) in [6.45, 7) is 6.22. The van der Waals surface area contributed by atoms with Crippen LogP contribution in [0, 0.1) is 0 Å². The summed E-state index contributed by atoms with van der Waals surface area (Å²) >= 11 is 0. The van der Waals surface area contributed by atoms with Gasteiger partial charge in [0.2, 0.25) is 0 Å². The van der Waals surface area contributed by atoms with Gasteiger partial charge < -0.3 is 19.1 Å². The smallest absolute Gasteiger partial charge is 0.257 e. The Balaban J connectivity index is 1.63. The van der Waals surface area contributed by atoms with E-state index in [1.54, 1.807) is 14.2 Å². The lowest BCUT2D eigenvalue weighted by molar-refractivity contribution is 0.0623. The Morgan fingerprint density at radius 3 is 2.39 bits per heavy atom. The zero-order chi connectivity index (χ0) is 19.9. The van der Waals surface area contributed by atoms with E-state index >= 15 is 0 Å². The number of hydrogen-bond donors (Lipinski definition) is 0. The fourth-order valence-electron chi connectivity index (χ4n) is 3.45. The van der Waals surface area contributed by atoms with E-state index in [1.165, 1.54) is 0 Å². The number of carbonyl (C=O) groups excluding carboxylic acids is 1. The molecule has 0 aliphatic carbocycles. The molecule has 0 N–H and O–H groups in total. The average molecular weight is 384 g/mol. The van der Waals surface area contributed by atoms with Gasteiger partial charge in [-0.1, -0.05) is 12.1 Å². The van der Waals surface area contributed by atoms with Crippen molar-refractivity contribution in [3.63, 3.8) is 0 Å². The second-order valence-electron chi connectivity index (χ2n) is 6.68. The molecule has 0 saturated carbocycles. The largest absolute Gasteiger partial charge is 0.497 e. The molecule has 0 atom stereocenters. The molecule has 2 aromatic carbocycles. The Morgan fingerprint density at radius 1 is 0.964 bits per heavy atom. The number of piperazine rings is 1. The molecule has 28 heavy (non-hydrogen) atoms. The average Bonchev–Trinajstić information content (AvgIpc) is 2.74. The highest BCUT2D eigenvalue weighted by atomic mass is 16.5. The molecular formula is C22H28N2O4. The normalized spacial score (nSPS) is 14.6. The molecule has 1 aliphatic rings. The first-order chi connectivity index (χ1) is 13.7. The fourth-order valence-corrected chi connectivity index (χ4v) is 3.45. The molecule has 1 heterocycles. The quantitative estimate of drug-likeness (QED) is 0.734. The third kappa shape index (κ3) is 4.57. The van der Waals surface area contributed by atoms with Crippen LogP contribution < -0.4 is 14.2 Å². The highest BCUT2D eigenvalue weighted by Gasteiger charge is 2.24. The number of para-hydroxylation sites is 1. The summed E-state index contributed by atoms with van der Waals surface area (Å²) in [7, 11) is 3.34. The van der Waals surface area contributed by atoms with Crippen molar-refractivity contribution < 1.29 is 19.0 Å². The Kier molecular flexibility index (Phi) is 6.76. The predicted molar refractivity (Wildman–Crippen MR) is 108 cm³/mol. The molecule has 1 fully saturated rings. The number of ether oxygens (including phenoxy) is 3. The van der Waals surface area contributed by atoms with Crippen molar-refractivity contribution in [3.8, 4) is 17.2 Å². The van der Waals surface area contributed by atoms with Gasteiger partial charge in [0, 0.05) is 38.3 Å². The lowest BCUT2D eigenvalue weighted by atomic mass is 10.1. The lowest BCUT2D eigenvalue weighted by Crippen LogP contribution is -2.48. The third-order valence-corrected chi connectivity index (χ3v) is 4.96. The van der Waals surface area contributed by atoms with Crippen LogP contribution in [0.3, 0.4) is 0 Å². The van der Waals surface area contributed by atoms with E-state index < -0.39 is 0 Å². The van der Waals surface area contributed by atoms with Crippen molar-refractivity contribution in [2.45, 2.75) is 13.5 Å². The molecule has 1 saturated heterocycles. The Morgan fingerprint density at radius 2 is 1.71 bits per heavy atom. The van der Waals surface area contributed by atoms with Gasteiger partial charge in [0.1, 0.15) is 17.2 Å².